The second-order valence-electron chi connectivity index (χ2n) is 5.76. The number of aryl methyl sites for hydroxylation is 1. The number of benzene rings is 2. The molecular weight excluding hydrogens is 314 g/mol. The van der Waals surface area contributed by atoms with Gasteiger partial charge in [-0.15, -0.1) is 0 Å². The Labute approximate surface area is 149 Å². The van der Waals surface area contributed by atoms with E-state index in [9.17, 15) is 4.79 Å². The Kier molecular flexibility index (Phi) is 8.29. The van der Waals surface area contributed by atoms with Gasteiger partial charge in [0.15, 0.2) is 0 Å². The Balaban J connectivity index is 1.63. The molecule has 0 aliphatic carbocycles. The van der Waals surface area contributed by atoms with Crippen LogP contribution in [0, 0.1) is 0 Å². The van der Waals surface area contributed by atoms with Gasteiger partial charge in [-0.2, -0.15) is 0 Å². The molecule has 4 heteroatoms. The van der Waals surface area contributed by atoms with Gasteiger partial charge in [0.2, 0.25) is 0 Å². The van der Waals surface area contributed by atoms with Crippen molar-refractivity contribution in [3.63, 3.8) is 0 Å². The van der Waals surface area contributed by atoms with Crippen LogP contribution in [0.2, 0.25) is 0 Å². The van der Waals surface area contributed by atoms with E-state index < -0.39 is 5.97 Å². The van der Waals surface area contributed by atoms with Gasteiger partial charge in [-0.05, 0) is 36.1 Å². The zero-order valence-electron chi connectivity index (χ0n) is 14.4. The quantitative estimate of drug-likeness (QED) is 0.612. The van der Waals surface area contributed by atoms with Gasteiger partial charge in [-0.1, -0.05) is 54.6 Å². The number of carboxylic acid groups (broad SMARTS) is 1. The summed E-state index contributed by atoms with van der Waals surface area (Å²) in [5.74, 6) is 0.0978. The minimum absolute atomic E-state index is 0.143. The van der Waals surface area contributed by atoms with Crippen LogP contribution >= 0.6 is 0 Å². The number of nitrogens with one attached hydrogen (secondary N) is 1. The predicted octanol–water partition coefficient (Wildman–Crippen LogP) is 3.78. The van der Waals surface area contributed by atoms with E-state index in [1.807, 2.05) is 42.5 Å². The number of hydrogen-bond acceptors (Lipinski definition) is 3. The minimum atomic E-state index is -0.782. The lowest BCUT2D eigenvalue weighted by molar-refractivity contribution is -0.136. The average Bonchev–Trinajstić information content (AvgIpc) is 2.63. The van der Waals surface area contributed by atoms with Gasteiger partial charge >= 0.3 is 5.97 Å². The molecule has 0 unspecified atom stereocenters. The molecule has 2 rings (SSSR count). The van der Waals surface area contributed by atoms with Crippen molar-refractivity contribution < 1.29 is 14.6 Å². The highest BCUT2D eigenvalue weighted by Crippen LogP contribution is 2.14. The molecule has 2 N–H and O–H groups in total. The van der Waals surface area contributed by atoms with Gasteiger partial charge in [0, 0.05) is 13.1 Å². The van der Waals surface area contributed by atoms with Crippen LogP contribution in [0.25, 0.3) is 6.08 Å². The van der Waals surface area contributed by atoms with Gasteiger partial charge in [0.05, 0.1) is 13.0 Å². The number of carbonyl (C=O) groups is 1. The molecule has 0 aromatic heterocycles. The number of rotatable bonds is 11. The van der Waals surface area contributed by atoms with Crippen LogP contribution in [-0.4, -0.2) is 30.8 Å². The van der Waals surface area contributed by atoms with Crippen LogP contribution in [0.5, 0.6) is 5.75 Å². The van der Waals surface area contributed by atoms with Crippen LogP contribution in [0.1, 0.15) is 24.0 Å². The molecule has 0 bridgehead atoms. The van der Waals surface area contributed by atoms with Crippen molar-refractivity contribution in [2.24, 2.45) is 0 Å². The monoisotopic (exact) mass is 339 g/mol. The molecule has 0 radical (unpaired) electrons. The first-order chi connectivity index (χ1) is 12.2. The summed E-state index contributed by atoms with van der Waals surface area (Å²) >= 11 is 0. The Morgan fingerprint density at radius 1 is 1.08 bits per heavy atom. The average molecular weight is 339 g/mol. The smallest absolute Gasteiger partial charge is 0.304 e. The highest BCUT2D eigenvalue weighted by molar-refractivity contribution is 5.66. The Morgan fingerprint density at radius 2 is 1.84 bits per heavy atom. The molecule has 2 aromatic carbocycles. The third kappa shape index (κ3) is 8.18. The van der Waals surface area contributed by atoms with Crippen molar-refractivity contribution in [2.45, 2.75) is 19.3 Å². The summed E-state index contributed by atoms with van der Waals surface area (Å²) < 4.78 is 5.77. The molecule has 0 aliphatic heterocycles. The predicted molar refractivity (Wildman–Crippen MR) is 101 cm³/mol. The van der Waals surface area contributed by atoms with Gasteiger partial charge in [0.25, 0.3) is 0 Å². The van der Waals surface area contributed by atoms with Crippen LogP contribution in [0.3, 0.4) is 0 Å². The fourth-order valence-electron chi connectivity index (χ4n) is 2.36. The maximum atomic E-state index is 10.4. The van der Waals surface area contributed by atoms with E-state index >= 15 is 0 Å². The summed E-state index contributed by atoms with van der Waals surface area (Å²) in [5, 5.41) is 11.6. The fourth-order valence-corrected chi connectivity index (χ4v) is 2.36. The van der Waals surface area contributed by atoms with E-state index in [-0.39, 0.29) is 6.42 Å². The molecule has 0 amide bonds. The Bertz CT molecular complexity index is 651. The molecule has 4 nitrogen and oxygen atoms in total. The second-order valence-corrected chi connectivity index (χ2v) is 5.76. The highest BCUT2D eigenvalue weighted by Gasteiger charge is 1.96. The van der Waals surface area contributed by atoms with Crippen molar-refractivity contribution in [3.05, 3.63) is 71.8 Å². The van der Waals surface area contributed by atoms with Crippen molar-refractivity contribution >= 4 is 12.0 Å². The van der Waals surface area contributed by atoms with Crippen LogP contribution in [0.15, 0.2) is 60.7 Å². The van der Waals surface area contributed by atoms with E-state index in [0.717, 1.165) is 24.2 Å². The highest BCUT2D eigenvalue weighted by atomic mass is 16.5. The fraction of sp³-hybridized carbons (Fsp3) is 0.286. The van der Waals surface area contributed by atoms with Crippen molar-refractivity contribution in [2.75, 3.05) is 19.7 Å². The molecular formula is C21H25NO3. The minimum Gasteiger partial charge on any atom is -0.494 e. The van der Waals surface area contributed by atoms with Gasteiger partial charge < -0.3 is 15.2 Å². The summed E-state index contributed by atoms with van der Waals surface area (Å²) in [6, 6.07) is 18.4. The van der Waals surface area contributed by atoms with Crippen molar-refractivity contribution in [1.29, 1.82) is 0 Å². The van der Waals surface area contributed by atoms with Gasteiger partial charge in [-0.3, -0.25) is 4.79 Å². The maximum absolute atomic E-state index is 10.4. The molecule has 132 valence electrons. The molecule has 0 saturated heterocycles. The molecule has 0 atom stereocenters. The first kappa shape index (κ1) is 18.7. The number of aliphatic carboxylic acids is 1. The lowest BCUT2D eigenvalue weighted by Gasteiger charge is -2.06. The van der Waals surface area contributed by atoms with E-state index in [4.69, 9.17) is 9.84 Å². The topological polar surface area (TPSA) is 58.6 Å². The third-order valence-electron chi connectivity index (χ3n) is 3.69. The summed E-state index contributed by atoms with van der Waals surface area (Å²) in [5.41, 5.74) is 2.43. The molecule has 25 heavy (non-hydrogen) atoms. The van der Waals surface area contributed by atoms with E-state index in [1.54, 1.807) is 0 Å². The lowest BCUT2D eigenvalue weighted by atomic mass is 10.1. The Hall–Kier alpha value is -2.59. The molecule has 0 spiro atoms. The number of hydrogen-bond donors (Lipinski definition) is 2. The molecule has 0 fully saturated rings. The molecule has 2 aromatic rings. The van der Waals surface area contributed by atoms with Crippen molar-refractivity contribution in [1.82, 2.24) is 5.32 Å². The first-order valence-corrected chi connectivity index (χ1v) is 8.60. The zero-order chi connectivity index (χ0) is 17.7. The van der Waals surface area contributed by atoms with E-state index in [0.29, 0.717) is 19.7 Å². The summed E-state index contributed by atoms with van der Waals surface area (Å²) in [7, 11) is 0. The molecule has 0 saturated carbocycles. The largest absolute Gasteiger partial charge is 0.494 e. The first-order valence-electron chi connectivity index (χ1n) is 8.60. The van der Waals surface area contributed by atoms with Crippen LogP contribution < -0.4 is 10.1 Å². The number of ether oxygens (including phenoxy) is 1. The normalized spacial score (nSPS) is 10.9. The maximum Gasteiger partial charge on any atom is 0.304 e. The third-order valence-corrected chi connectivity index (χ3v) is 3.69. The lowest BCUT2D eigenvalue weighted by Crippen LogP contribution is -2.17. The summed E-state index contributed by atoms with van der Waals surface area (Å²) in [6.07, 6.45) is 6.15. The van der Waals surface area contributed by atoms with Crippen LogP contribution in [0.4, 0.5) is 0 Å². The molecule has 0 aliphatic rings. The van der Waals surface area contributed by atoms with Crippen LogP contribution in [-0.2, 0) is 11.2 Å². The SMILES string of the molecule is O=C(O)CCNC/C=C/c1ccc(OCCCc2ccccc2)cc1. The zero-order valence-corrected chi connectivity index (χ0v) is 14.4. The number of carboxylic acids is 1. The van der Waals surface area contributed by atoms with Crippen molar-refractivity contribution in [3.8, 4) is 5.75 Å². The van der Waals surface area contributed by atoms with E-state index in [2.05, 4.69) is 29.6 Å². The van der Waals surface area contributed by atoms with E-state index in [1.165, 1.54) is 5.56 Å². The van der Waals surface area contributed by atoms with Gasteiger partial charge in [0.1, 0.15) is 5.75 Å². The Morgan fingerprint density at radius 3 is 2.56 bits per heavy atom. The summed E-state index contributed by atoms with van der Waals surface area (Å²) in [4.78, 5) is 10.4. The summed E-state index contributed by atoms with van der Waals surface area (Å²) in [6.45, 7) is 1.85. The standard InChI is InChI=1S/C21H25NO3/c23-21(24)14-16-22-15-4-8-19-10-12-20(13-11-19)25-17-5-9-18-6-2-1-3-7-18/h1-4,6-8,10-13,22H,5,9,14-17H2,(H,23,24)/b8-4+. The molecule has 0 heterocycles. The second kappa shape index (κ2) is 11.0. The van der Waals surface area contributed by atoms with Gasteiger partial charge in [-0.25, -0.2) is 0 Å².